The van der Waals surface area contributed by atoms with Crippen LogP contribution < -0.4 is 10.6 Å². The van der Waals surface area contributed by atoms with Crippen LogP contribution in [-0.2, 0) is 0 Å². The summed E-state index contributed by atoms with van der Waals surface area (Å²) >= 11 is 1.79. The van der Waals surface area contributed by atoms with Crippen molar-refractivity contribution < 1.29 is 4.79 Å². The third-order valence-corrected chi connectivity index (χ3v) is 6.88. The van der Waals surface area contributed by atoms with Gasteiger partial charge in [-0.25, -0.2) is 4.79 Å². The Labute approximate surface area is 162 Å². The first-order chi connectivity index (χ1) is 12.6. The number of urea groups is 1. The first-order valence-electron chi connectivity index (χ1n) is 10.2. The number of nitrogens with zero attached hydrogens (tertiary/aromatic N) is 2. The summed E-state index contributed by atoms with van der Waals surface area (Å²) < 4.78 is 0. The lowest BCUT2D eigenvalue weighted by Crippen LogP contribution is -2.48. The zero-order valence-corrected chi connectivity index (χ0v) is 17.1. The number of likely N-dealkylation sites (tertiary alicyclic amines) is 2. The van der Waals surface area contributed by atoms with Crippen molar-refractivity contribution in [3.63, 3.8) is 0 Å². The van der Waals surface area contributed by atoms with Crippen LogP contribution in [0.2, 0.25) is 0 Å². The summed E-state index contributed by atoms with van der Waals surface area (Å²) in [5, 5.41) is 8.31. The van der Waals surface area contributed by atoms with E-state index in [1.165, 1.54) is 30.6 Å². The molecule has 2 unspecified atom stereocenters. The molecule has 0 aliphatic carbocycles. The highest BCUT2D eigenvalue weighted by molar-refractivity contribution is 7.10. The SMILES string of the molecule is CC1CCN(C(C)CNC(=O)NCC(c2cccs2)N2CCCC2)CC1. The number of hydrogen-bond donors (Lipinski definition) is 2. The fourth-order valence-electron chi connectivity index (χ4n) is 4.03. The van der Waals surface area contributed by atoms with E-state index in [9.17, 15) is 4.79 Å². The van der Waals surface area contributed by atoms with E-state index in [-0.39, 0.29) is 6.03 Å². The predicted molar refractivity (Wildman–Crippen MR) is 109 cm³/mol. The van der Waals surface area contributed by atoms with E-state index >= 15 is 0 Å². The van der Waals surface area contributed by atoms with Gasteiger partial charge in [-0.05, 0) is 76.2 Å². The number of carbonyl (C=O) groups is 1. The molecule has 3 heterocycles. The lowest BCUT2D eigenvalue weighted by Gasteiger charge is -2.35. The number of hydrogen-bond acceptors (Lipinski definition) is 4. The van der Waals surface area contributed by atoms with E-state index in [4.69, 9.17) is 0 Å². The van der Waals surface area contributed by atoms with Gasteiger partial charge in [0.15, 0.2) is 0 Å². The van der Waals surface area contributed by atoms with Gasteiger partial charge < -0.3 is 10.6 Å². The summed E-state index contributed by atoms with van der Waals surface area (Å²) in [6.45, 7) is 10.5. The van der Waals surface area contributed by atoms with Gasteiger partial charge in [-0.15, -0.1) is 11.3 Å². The summed E-state index contributed by atoms with van der Waals surface area (Å²) in [5.41, 5.74) is 0. The third kappa shape index (κ3) is 5.44. The van der Waals surface area contributed by atoms with Crippen LogP contribution in [0.1, 0.15) is 50.4 Å². The van der Waals surface area contributed by atoms with Gasteiger partial charge in [-0.1, -0.05) is 13.0 Å². The summed E-state index contributed by atoms with van der Waals surface area (Å²) in [6, 6.07) is 4.96. The molecule has 1 aromatic rings. The van der Waals surface area contributed by atoms with Gasteiger partial charge in [0, 0.05) is 24.0 Å². The molecule has 146 valence electrons. The van der Waals surface area contributed by atoms with E-state index in [2.05, 4.69) is 51.8 Å². The maximum Gasteiger partial charge on any atom is 0.314 e. The molecule has 6 heteroatoms. The molecule has 2 amide bonds. The minimum absolute atomic E-state index is 0.0389. The Morgan fingerprint density at radius 3 is 2.50 bits per heavy atom. The highest BCUT2D eigenvalue weighted by atomic mass is 32.1. The van der Waals surface area contributed by atoms with Crippen LogP contribution in [0.15, 0.2) is 17.5 Å². The number of rotatable bonds is 7. The van der Waals surface area contributed by atoms with Crippen molar-refractivity contribution in [3.05, 3.63) is 22.4 Å². The lowest BCUT2D eigenvalue weighted by atomic mass is 9.98. The molecule has 2 saturated heterocycles. The van der Waals surface area contributed by atoms with Gasteiger partial charge in [-0.2, -0.15) is 0 Å². The van der Waals surface area contributed by atoms with Crippen molar-refractivity contribution in [2.24, 2.45) is 5.92 Å². The molecule has 0 radical (unpaired) electrons. The molecule has 26 heavy (non-hydrogen) atoms. The maximum absolute atomic E-state index is 12.3. The van der Waals surface area contributed by atoms with Crippen LogP contribution in [0.5, 0.6) is 0 Å². The smallest absolute Gasteiger partial charge is 0.314 e. The topological polar surface area (TPSA) is 47.6 Å². The van der Waals surface area contributed by atoms with Gasteiger partial charge in [-0.3, -0.25) is 9.80 Å². The molecule has 0 bridgehead atoms. The van der Waals surface area contributed by atoms with Crippen molar-refractivity contribution in [1.29, 1.82) is 0 Å². The van der Waals surface area contributed by atoms with E-state index in [1.807, 2.05) is 0 Å². The molecule has 2 atom stereocenters. The van der Waals surface area contributed by atoms with Gasteiger partial charge in [0.25, 0.3) is 0 Å². The summed E-state index contributed by atoms with van der Waals surface area (Å²) in [7, 11) is 0. The molecule has 0 aromatic carbocycles. The first-order valence-corrected chi connectivity index (χ1v) is 11.0. The standard InChI is InChI=1S/C20H34N4OS/c1-16-7-11-23(12-8-16)17(2)14-21-20(25)22-15-18(19-6-5-13-26-19)24-9-3-4-10-24/h5-6,13,16-18H,3-4,7-12,14-15H2,1-2H3,(H2,21,22,25). The Kier molecular flexibility index (Phi) is 7.34. The second-order valence-electron chi connectivity index (χ2n) is 7.93. The molecule has 2 aliphatic rings. The van der Waals surface area contributed by atoms with E-state index in [0.717, 1.165) is 32.1 Å². The Hall–Kier alpha value is -1.11. The number of carbonyl (C=O) groups excluding carboxylic acids is 1. The molecule has 2 N–H and O–H groups in total. The van der Waals surface area contributed by atoms with Crippen LogP contribution in [0.3, 0.4) is 0 Å². The largest absolute Gasteiger partial charge is 0.337 e. The summed E-state index contributed by atoms with van der Waals surface area (Å²) in [5.74, 6) is 0.842. The molecule has 0 spiro atoms. The number of piperidine rings is 1. The third-order valence-electron chi connectivity index (χ3n) is 5.91. The maximum atomic E-state index is 12.3. The minimum Gasteiger partial charge on any atom is -0.337 e. The summed E-state index contributed by atoms with van der Waals surface area (Å²) in [6.07, 6.45) is 5.07. The lowest BCUT2D eigenvalue weighted by molar-refractivity contribution is 0.145. The molecule has 0 saturated carbocycles. The number of amides is 2. The average molecular weight is 379 g/mol. The number of nitrogens with one attached hydrogen (secondary N) is 2. The Morgan fingerprint density at radius 2 is 1.85 bits per heavy atom. The van der Waals surface area contributed by atoms with Crippen molar-refractivity contribution in [2.45, 2.75) is 51.6 Å². The molecule has 5 nitrogen and oxygen atoms in total. The van der Waals surface area contributed by atoms with Gasteiger partial charge >= 0.3 is 6.03 Å². The second kappa shape index (κ2) is 9.72. The normalized spacial score (nSPS) is 22.2. The molecular formula is C20H34N4OS. The highest BCUT2D eigenvalue weighted by Crippen LogP contribution is 2.27. The van der Waals surface area contributed by atoms with E-state index in [0.29, 0.717) is 25.2 Å². The molecule has 1 aromatic heterocycles. The van der Waals surface area contributed by atoms with Crippen LogP contribution in [0.4, 0.5) is 4.79 Å². The van der Waals surface area contributed by atoms with Gasteiger partial charge in [0.2, 0.25) is 0 Å². The van der Waals surface area contributed by atoms with Crippen LogP contribution in [0.25, 0.3) is 0 Å². The number of thiophene rings is 1. The first kappa shape index (κ1) is 19.6. The van der Waals surface area contributed by atoms with E-state index < -0.39 is 0 Å². The average Bonchev–Trinajstić information content (AvgIpc) is 3.35. The van der Waals surface area contributed by atoms with Crippen molar-refractivity contribution in [1.82, 2.24) is 20.4 Å². The predicted octanol–water partition coefficient (Wildman–Crippen LogP) is 3.30. The second-order valence-corrected chi connectivity index (χ2v) is 8.91. The van der Waals surface area contributed by atoms with Crippen LogP contribution in [-0.4, -0.2) is 61.1 Å². The quantitative estimate of drug-likeness (QED) is 0.765. The fourth-order valence-corrected chi connectivity index (χ4v) is 4.90. The highest BCUT2D eigenvalue weighted by Gasteiger charge is 2.25. The van der Waals surface area contributed by atoms with Crippen LogP contribution >= 0.6 is 11.3 Å². The van der Waals surface area contributed by atoms with E-state index in [1.54, 1.807) is 11.3 Å². The molecular weight excluding hydrogens is 344 g/mol. The Balaban J connectivity index is 1.42. The zero-order chi connectivity index (χ0) is 18.4. The molecule has 2 fully saturated rings. The Morgan fingerprint density at radius 1 is 1.15 bits per heavy atom. The fraction of sp³-hybridized carbons (Fsp3) is 0.750. The van der Waals surface area contributed by atoms with Crippen molar-refractivity contribution in [3.8, 4) is 0 Å². The van der Waals surface area contributed by atoms with Crippen molar-refractivity contribution in [2.75, 3.05) is 39.3 Å². The monoisotopic (exact) mass is 378 g/mol. The van der Waals surface area contributed by atoms with Crippen molar-refractivity contribution >= 4 is 17.4 Å². The minimum atomic E-state index is -0.0389. The van der Waals surface area contributed by atoms with Gasteiger partial charge in [0.05, 0.1) is 6.04 Å². The van der Waals surface area contributed by atoms with Gasteiger partial charge in [0.1, 0.15) is 0 Å². The summed E-state index contributed by atoms with van der Waals surface area (Å²) in [4.78, 5) is 18.7. The molecule has 3 rings (SSSR count). The Bertz CT molecular complexity index is 536. The zero-order valence-electron chi connectivity index (χ0n) is 16.2. The van der Waals surface area contributed by atoms with Crippen LogP contribution in [0, 0.1) is 5.92 Å². The molecule has 2 aliphatic heterocycles.